The molecular formula is C23H33N5O4S. The number of piperazine rings is 1. The van der Waals surface area contributed by atoms with Crippen LogP contribution in [-0.4, -0.2) is 91.2 Å². The fourth-order valence-electron chi connectivity index (χ4n) is 3.79. The number of nitrogens with one attached hydrogen (secondary N) is 1. The number of likely N-dealkylation sites (N-methyl/N-ethyl adjacent to an activating group) is 1. The van der Waals surface area contributed by atoms with Crippen LogP contribution in [0.5, 0.6) is 0 Å². The second kappa shape index (κ2) is 9.74. The molecule has 180 valence electrons. The number of hydrogen-bond acceptors (Lipinski definition) is 6. The molecule has 3 rings (SSSR count). The van der Waals surface area contributed by atoms with Crippen molar-refractivity contribution in [3.05, 3.63) is 36.0 Å². The third-order valence-corrected chi connectivity index (χ3v) is 7.37. The summed E-state index contributed by atoms with van der Waals surface area (Å²) in [6.07, 6.45) is 1.67. The van der Waals surface area contributed by atoms with Gasteiger partial charge in [0, 0.05) is 50.3 Å². The molecule has 0 atom stereocenters. The number of carbonyl (C=O) groups is 2. The second-order valence-corrected chi connectivity index (χ2v) is 11.5. The summed E-state index contributed by atoms with van der Waals surface area (Å²) >= 11 is 0. The van der Waals surface area contributed by atoms with Crippen LogP contribution in [0.3, 0.4) is 0 Å². The molecule has 1 saturated heterocycles. The Bertz CT molecular complexity index is 1140. The lowest BCUT2D eigenvalue weighted by Crippen LogP contribution is -2.52. The maximum absolute atomic E-state index is 13.3. The van der Waals surface area contributed by atoms with Crippen LogP contribution >= 0.6 is 0 Å². The van der Waals surface area contributed by atoms with Crippen molar-refractivity contribution in [1.29, 1.82) is 0 Å². The van der Waals surface area contributed by atoms with Crippen LogP contribution in [0.25, 0.3) is 10.9 Å². The normalized spacial score (nSPS) is 16.0. The van der Waals surface area contributed by atoms with Crippen LogP contribution < -0.4 is 5.32 Å². The molecule has 2 amide bonds. The van der Waals surface area contributed by atoms with Crippen molar-refractivity contribution >= 4 is 32.7 Å². The van der Waals surface area contributed by atoms with E-state index in [1.807, 2.05) is 44.7 Å². The number of nitrogens with zero attached hydrogens (tertiary/aromatic N) is 4. The van der Waals surface area contributed by atoms with E-state index in [0.717, 1.165) is 10.9 Å². The molecule has 0 aliphatic carbocycles. The quantitative estimate of drug-likeness (QED) is 0.674. The highest BCUT2D eigenvalue weighted by Crippen LogP contribution is 2.25. The summed E-state index contributed by atoms with van der Waals surface area (Å²) in [5, 5.41) is 3.63. The molecule has 0 spiro atoms. The summed E-state index contributed by atoms with van der Waals surface area (Å²) in [6, 6.07) is 7.10. The summed E-state index contributed by atoms with van der Waals surface area (Å²) in [7, 11) is -2.11. The van der Waals surface area contributed by atoms with Gasteiger partial charge in [0.15, 0.2) is 0 Å². The van der Waals surface area contributed by atoms with Gasteiger partial charge in [-0.05, 0) is 45.4 Å². The monoisotopic (exact) mass is 475 g/mol. The summed E-state index contributed by atoms with van der Waals surface area (Å²) < 4.78 is 28.1. The summed E-state index contributed by atoms with van der Waals surface area (Å²) in [5.74, 6) is -0.392. The minimum Gasteiger partial charge on any atom is -0.350 e. The SMILES string of the molecule is Cc1cnc2c(S(=O)(=O)N3CCN(CC(=O)N(C)CC(=O)NC(C)(C)C)CC3)cccc2c1. The standard InChI is InChI=1S/C23H33N5O4S/c1-17-13-18-7-6-8-19(22(18)24-14-17)33(31,32)28-11-9-27(10-12-28)16-21(30)26(5)15-20(29)25-23(2,3)4/h6-8,13-14H,9-12,15-16H2,1-5H3,(H,25,29). The zero-order chi connectivity index (χ0) is 24.4. The van der Waals surface area contributed by atoms with Crippen LogP contribution in [0.15, 0.2) is 35.4 Å². The molecule has 1 N–H and O–H groups in total. The average molecular weight is 476 g/mol. The van der Waals surface area contributed by atoms with E-state index in [2.05, 4.69) is 10.3 Å². The lowest BCUT2D eigenvalue weighted by Gasteiger charge is -2.34. The highest BCUT2D eigenvalue weighted by molar-refractivity contribution is 7.89. The van der Waals surface area contributed by atoms with Gasteiger partial charge in [0.25, 0.3) is 0 Å². The van der Waals surface area contributed by atoms with E-state index < -0.39 is 10.0 Å². The lowest BCUT2D eigenvalue weighted by molar-refractivity contribution is -0.136. The van der Waals surface area contributed by atoms with Crippen molar-refractivity contribution in [2.24, 2.45) is 0 Å². The van der Waals surface area contributed by atoms with Gasteiger partial charge in [-0.2, -0.15) is 4.31 Å². The van der Waals surface area contributed by atoms with Gasteiger partial charge < -0.3 is 10.2 Å². The summed E-state index contributed by atoms with van der Waals surface area (Å²) in [6.45, 7) is 9.14. The number of para-hydroxylation sites is 1. The van der Waals surface area contributed by atoms with Gasteiger partial charge in [0.05, 0.1) is 18.6 Å². The second-order valence-electron chi connectivity index (χ2n) is 9.57. The summed E-state index contributed by atoms with van der Waals surface area (Å²) in [4.78, 5) is 32.5. The molecule has 33 heavy (non-hydrogen) atoms. The van der Waals surface area contributed by atoms with Gasteiger partial charge in [-0.25, -0.2) is 8.42 Å². The van der Waals surface area contributed by atoms with Crippen molar-refractivity contribution in [2.75, 3.05) is 46.3 Å². The van der Waals surface area contributed by atoms with Crippen LogP contribution in [0.4, 0.5) is 0 Å². The Morgan fingerprint density at radius 1 is 1.15 bits per heavy atom. The number of rotatable bonds is 6. The predicted octanol–water partition coefficient (Wildman–Crippen LogP) is 1.22. The molecule has 1 aromatic carbocycles. The Kier molecular flexibility index (Phi) is 7.40. The van der Waals surface area contributed by atoms with Gasteiger partial charge in [-0.1, -0.05) is 12.1 Å². The zero-order valence-electron chi connectivity index (χ0n) is 20.0. The Morgan fingerprint density at radius 3 is 2.45 bits per heavy atom. The van der Waals surface area contributed by atoms with Gasteiger partial charge in [0.2, 0.25) is 21.8 Å². The van der Waals surface area contributed by atoms with E-state index in [4.69, 9.17) is 0 Å². The minimum atomic E-state index is -3.71. The fraction of sp³-hybridized carbons (Fsp3) is 0.522. The molecule has 0 radical (unpaired) electrons. The average Bonchev–Trinajstić information content (AvgIpc) is 2.72. The largest absolute Gasteiger partial charge is 0.350 e. The predicted molar refractivity (Wildman–Crippen MR) is 127 cm³/mol. The van der Waals surface area contributed by atoms with Crippen molar-refractivity contribution in [3.8, 4) is 0 Å². The lowest BCUT2D eigenvalue weighted by atomic mass is 10.1. The number of sulfonamides is 1. The number of carbonyl (C=O) groups excluding carboxylic acids is 2. The topological polar surface area (TPSA) is 103 Å². The molecule has 2 heterocycles. The Balaban J connectivity index is 1.59. The molecule has 1 aliphatic heterocycles. The highest BCUT2D eigenvalue weighted by Gasteiger charge is 2.31. The Hall–Kier alpha value is -2.56. The number of aryl methyl sites for hydroxylation is 1. The number of benzene rings is 1. The molecule has 0 saturated carbocycles. The van der Waals surface area contributed by atoms with E-state index >= 15 is 0 Å². The van der Waals surface area contributed by atoms with E-state index in [0.29, 0.717) is 18.6 Å². The fourth-order valence-corrected chi connectivity index (χ4v) is 5.38. The third kappa shape index (κ3) is 6.27. The highest BCUT2D eigenvalue weighted by atomic mass is 32.2. The first-order chi connectivity index (χ1) is 15.4. The maximum atomic E-state index is 13.3. The van der Waals surface area contributed by atoms with Gasteiger partial charge >= 0.3 is 0 Å². The Morgan fingerprint density at radius 2 is 1.82 bits per heavy atom. The molecule has 0 unspecified atom stereocenters. The number of fused-ring (bicyclic) bond motifs is 1. The van der Waals surface area contributed by atoms with Crippen molar-refractivity contribution in [1.82, 2.24) is 24.4 Å². The zero-order valence-corrected chi connectivity index (χ0v) is 20.8. The molecule has 1 aromatic heterocycles. The van der Waals surface area contributed by atoms with E-state index in [1.165, 1.54) is 9.21 Å². The number of amides is 2. The van der Waals surface area contributed by atoms with Crippen LogP contribution in [-0.2, 0) is 19.6 Å². The number of pyridine rings is 1. The molecule has 9 nitrogen and oxygen atoms in total. The first-order valence-corrected chi connectivity index (χ1v) is 12.4. The number of aromatic nitrogens is 1. The summed E-state index contributed by atoms with van der Waals surface area (Å²) in [5.41, 5.74) is 1.08. The van der Waals surface area contributed by atoms with Crippen molar-refractivity contribution < 1.29 is 18.0 Å². The van der Waals surface area contributed by atoms with E-state index in [-0.39, 0.29) is 48.4 Å². The minimum absolute atomic E-state index is 0.0159. The van der Waals surface area contributed by atoms with Crippen LogP contribution in [0.1, 0.15) is 26.3 Å². The molecule has 1 aliphatic rings. The maximum Gasteiger partial charge on any atom is 0.245 e. The molecular weight excluding hydrogens is 442 g/mol. The smallest absolute Gasteiger partial charge is 0.245 e. The van der Waals surface area contributed by atoms with E-state index in [9.17, 15) is 18.0 Å². The molecule has 0 bridgehead atoms. The first kappa shape index (κ1) is 25.1. The van der Waals surface area contributed by atoms with Gasteiger partial charge in [0.1, 0.15) is 4.90 Å². The first-order valence-electron chi connectivity index (χ1n) is 11.0. The van der Waals surface area contributed by atoms with E-state index in [1.54, 1.807) is 25.4 Å². The number of hydrogen-bond donors (Lipinski definition) is 1. The Labute approximate surface area is 195 Å². The van der Waals surface area contributed by atoms with Gasteiger partial charge in [-0.3, -0.25) is 19.5 Å². The van der Waals surface area contributed by atoms with Crippen molar-refractivity contribution in [3.63, 3.8) is 0 Å². The third-order valence-electron chi connectivity index (χ3n) is 5.44. The molecule has 2 aromatic rings. The van der Waals surface area contributed by atoms with Crippen molar-refractivity contribution in [2.45, 2.75) is 38.1 Å². The molecule has 10 heteroatoms. The van der Waals surface area contributed by atoms with Gasteiger partial charge in [-0.15, -0.1) is 0 Å². The van der Waals surface area contributed by atoms with Crippen LogP contribution in [0, 0.1) is 6.92 Å². The molecule has 1 fully saturated rings. The van der Waals surface area contributed by atoms with Crippen LogP contribution in [0.2, 0.25) is 0 Å².